The Morgan fingerprint density at radius 3 is 2.67 bits per heavy atom. The first-order chi connectivity index (χ1) is 13.0. The molecule has 140 valence electrons. The first-order valence-corrected chi connectivity index (χ1v) is 8.70. The smallest absolute Gasteiger partial charge is 0.269 e. The summed E-state index contributed by atoms with van der Waals surface area (Å²) in [6.07, 6.45) is 1.58. The van der Waals surface area contributed by atoms with Crippen LogP contribution >= 0.6 is 0 Å². The van der Waals surface area contributed by atoms with E-state index in [1.165, 1.54) is 6.07 Å². The molecule has 1 N–H and O–H groups in total. The summed E-state index contributed by atoms with van der Waals surface area (Å²) in [6, 6.07) is 13.7. The largest absolute Gasteiger partial charge is 0.349 e. The van der Waals surface area contributed by atoms with Crippen LogP contribution in [0.4, 0.5) is 4.39 Å². The second kappa shape index (κ2) is 8.55. The number of halogens is 1. The highest BCUT2D eigenvalue weighted by atomic mass is 19.1. The van der Waals surface area contributed by atoms with E-state index in [2.05, 4.69) is 15.4 Å². The average Bonchev–Trinajstić information content (AvgIpc) is 3.04. The molecule has 0 aliphatic carbocycles. The van der Waals surface area contributed by atoms with E-state index in [0.717, 1.165) is 5.69 Å². The minimum Gasteiger partial charge on any atom is -0.349 e. The molecule has 27 heavy (non-hydrogen) atoms. The lowest BCUT2D eigenvalue weighted by Gasteiger charge is -2.12. The minimum absolute atomic E-state index is 0.230. The highest BCUT2D eigenvalue weighted by Gasteiger charge is 2.14. The average molecular weight is 367 g/mol. The van der Waals surface area contributed by atoms with Crippen LogP contribution in [0.15, 0.2) is 54.7 Å². The van der Waals surface area contributed by atoms with E-state index in [0.29, 0.717) is 36.6 Å². The van der Waals surface area contributed by atoms with Crippen LogP contribution in [0.25, 0.3) is 11.3 Å². The lowest BCUT2D eigenvalue weighted by atomic mass is 10.1. The van der Waals surface area contributed by atoms with Crippen molar-refractivity contribution in [3.63, 3.8) is 0 Å². The molecule has 7 heteroatoms. The fourth-order valence-corrected chi connectivity index (χ4v) is 2.76. The van der Waals surface area contributed by atoms with Crippen molar-refractivity contribution in [1.82, 2.24) is 25.0 Å². The van der Waals surface area contributed by atoms with E-state index < -0.39 is 0 Å². The third-order valence-corrected chi connectivity index (χ3v) is 4.00. The second-order valence-electron chi connectivity index (χ2n) is 6.43. The molecule has 1 aromatic carbocycles. The second-order valence-corrected chi connectivity index (χ2v) is 6.43. The Kier molecular flexibility index (Phi) is 5.93. The van der Waals surface area contributed by atoms with Crippen LogP contribution in [0.3, 0.4) is 0 Å². The van der Waals surface area contributed by atoms with Gasteiger partial charge in [-0.2, -0.15) is 5.10 Å². The fourth-order valence-electron chi connectivity index (χ4n) is 2.76. The van der Waals surface area contributed by atoms with Crippen LogP contribution < -0.4 is 5.32 Å². The molecule has 0 atom stereocenters. The SMILES string of the molecule is CN(C)Cc1cc(-c2ccccc2F)nn1CCNC(=O)c1ccccn1. The van der Waals surface area contributed by atoms with Gasteiger partial charge in [-0.3, -0.25) is 14.5 Å². The Morgan fingerprint density at radius 2 is 1.96 bits per heavy atom. The van der Waals surface area contributed by atoms with Crippen LogP contribution in [0.5, 0.6) is 0 Å². The number of aromatic nitrogens is 3. The third kappa shape index (κ3) is 4.77. The predicted molar refractivity (Wildman–Crippen MR) is 102 cm³/mol. The molecule has 0 saturated heterocycles. The number of rotatable bonds is 7. The molecule has 1 amide bonds. The van der Waals surface area contributed by atoms with Gasteiger partial charge in [0.2, 0.25) is 0 Å². The number of hydrogen-bond donors (Lipinski definition) is 1. The molecule has 0 aliphatic rings. The Labute approximate surface area is 157 Å². The van der Waals surface area contributed by atoms with Gasteiger partial charge in [-0.1, -0.05) is 18.2 Å². The molecule has 0 fully saturated rings. The van der Waals surface area contributed by atoms with Gasteiger partial charge < -0.3 is 10.2 Å². The van der Waals surface area contributed by atoms with Crippen molar-refractivity contribution < 1.29 is 9.18 Å². The maximum Gasteiger partial charge on any atom is 0.269 e. The van der Waals surface area contributed by atoms with Gasteiger partial charge in [-0.05, 0) is 44.4 Å². The van der Waals surface area contributed by atoms with E-state index >= 15 is 0 Å². The van der Waals surface area contributed by atoms with Gasteiger partial charge in [0.15, 0.2) is 0 Å². The highest BCUT2D eigenvalue weighted by molar-refractivity contribution is 5.92. The number of carbonyl (C=O) groups excluding carboxylic acids is 1. The summed E-state index contributed by atoms with van der Waals surface area (Å²) in [5, 5.41) is 7.39. The molecule has 0 unspecified atom stereocenters. The summed E-state index contributed by atoms with van der Waals surface area (Å²) < 4.78 is 15.9. The molecule has 0 spiro atoms. The van der Waals surface area contributed by atoms with Crippen molar-refractivity contribution in [3.8, 4) is 11.3 Å². The monoisotopic (exact) mass is 367 g/mol. The van der Waals surface area contributed by atoms with Crippen molar-refractivity contribution in [3.05, 3.63) is 71.9 Å². The maximum absolute atomic E-state index is 14.1. The lowest BCUT2D eigenvalue weighted by molar-refractivity contribution is 0.0946. The Morgan fingerprint density at radius 1 is 1.19 bits per heavy atom. The molecule has 2 aromatic heterocycles. The molecular weight excluding hydrogens is 345 g/mol. The zero-order chi connectivity index (χ0) is 19.2. The van der Waals surface area contributed by atoms with E-state index in [-0.39, 0.29) is 11.7 Å². The zero-order valence-electron chi connectivity index (χ0n) is 15.4. The number of carbonyl (C=O) groups is 1. The van der Waals surface area contributed by atoms with Crippen molar-refractivity contribution in [1.29, 1.82) is 0 Å². The van der Waals surface area contributed by atoms with Gasteiger partial charge in [-0.15, -0.1) is 0 Å². The number of hydrogen-bond acceptors (Lipinski definition) is 4. The summed E-state index contributed by atoms with van der Waals surface area (Å²) >= 11 is 0. The highest BCUT2D eigenvalue weighted by Crippen LogP contribution is 2.22. The van der Waals surface area contributed by atoms with Crippen LogP contribution in [0, 0.1) is 5.82 Å². The number of pyridine rings is 1. The van der Waals surface area contributed by atoms with Crippen LogP contribution in [0.1, 0.15) is 16.2 Å². The molecule has 3 rings (SSSR count). The Hall–Kier alpha value is -3.06. The molecule has 0 radical (unpaired) electrons. The summed E-state index contributed by atoms with van der Waals surface area (Å²) in [5.74, 6) is -0.534. The van der Waals surface area contributed by atoms with E-state index in [4.69, 9.17) is 0 Å². The molecular formula is C20H22FN5O. The van der Waals surface area contributed by atoms with Gasteiger partial charge in [0.1, 0.15) is 11.5 Å². The Balaban J connectivity index is 1.73. The topological polar surface area (TPSA) is 63.1 Å². The summed E-state index contributed by atoms with van der Waals surface area (Å²) in [7, 11) is 3.92. The fraction of sp³-hybridized carbons (Fsp3) is 0.250. The van der Waals surface area contributed by atoms with Gasteiger partial charge in [0.25, 0.3) is 5.91 Å². The molecule has 3 aromatic rings. The zero-order valence-corrected chi connectivity index (χ0v) is 15.4. The van der Waals surface area contributed by atoms with Crippen molar-refractivity contribution in [2.24, 2.45) is 0 Å². The molecule has 0 bridgehead atoms. The first-order valence-electron chi connectivity index (χ1n) is 8.70. The van der Waals surface area contributed by atoms with Gasteiger partial charge in [0, 0.05) is 24.8 Å². The van der Waals surface area contributed by atoms with E-state index in [1.807, 2.05) is 25.1 Å². The normalized spacial score (nSPS) is 11.0. The van der Waals surface area contributed by atoms with Crippen LogP contribution in [-0.2, 0) is 13.1 Å². The summed E-state index contributed by atoms with van der Waals surface area (Å²) in [5.41, 5.74) is 2.37. The molecule has 0 aliphatic heterocycles. The number of nitrogens with zero attached hydrogens (tertiary/aromatic N) is 4. The number of benzene rings is 1. The third-order valence-electron chi connectivity index (χ3n) is 4.00. The van der Waals surface area contributed by atoms with Gasteiger partial charge in [0.05, 0.1) is 17.9 Å². The van der Waals surface area contributed by atoms with Crippen LogP contribution in [0.2, 0.25) is 0 Å². The quantitative estimate of drug-likeness (QED) is 0.697. The van der Waals surface area contributed by atoms with Gasteiger partial charge >= 0.3 is 0 Å². The first kappa shape index (κ1) is 18.7. The molecule has 2 heterocycles. The maximum atomic E-state index is 14.1. The van der Waals surface area contributed by atoms with Crippen LogP contribution in [-0.4, -0.2) is 46.2 Å². The van der Waals surface area contributed by atoms with Crippen molar-refractivity contribution >= 4 is 5.91 Å². The standard InChI is InChI=1S/C20H22FN5O/c1-25(2)14-15-13-19(16-7-3-4-8-17(16)21)24-26(15)12-11-23-20(27)18-9-5-6-10-22-18/h3-10,13H,11-12,14H2,1-2H3,(H,23,27). The summed E-state index contributed by atoms with van der Waals surface area (Å²) in [6.45, 7) is 1.54. The van der Waals surface area contributed by atoms with Gasteiger partial charge in [-0.25, -0.2) is 4.39 Å². The minimum atomic E-state index is -0.304. The van der Waals surface area contributed by atoms with E-state index in [9.17, 15) is 9.18 Å². The Bertz CT molecular complexity index is 908. The van der Waals surface area contributed by atoms with Crippen molar-refractivity contribution in [2.75, 3.05) is 20.6 Å². The predicted octanol–water partition coefficient (Wildman–Crippen LogP) is 2.58. The lowest BCUT2D eigenvalue weighted by Crippen LogP contribution is -2.29. The summed E-state index contributed by atoms with van der Waals surface area (Å²) in [4.78, 5) is 18.2. The molecule has 0 saturated carbocycles. The molecule has 6 nitrogen and oxygen atoms in total. The van der Waals surface area contributed by atoms with Crippen molar-refractivity contribution in [2.45, 2.75) is 13.1 Å². The number of amides is 1. The van der Waals surface area contributed by atoms with E-state index in [1.54, 1.807) is 47.3 Å². The number of nitrogens with one attached hydrogen (secondary N) is 1.